The van der Waals surface area contributed by atoms with E-state index in [1.165, 1.54) is 6.08 Å². The number of carbonyl (C=O) groups is 2. The Morgan fingerprint density at radius 3 is 2.76 bits per heavy atom. The number of hydrogen-bond donors (Lipinski definition) is 1. The lowest BCUT2D eigenvalue weighted by atomic mass is 10.0. The summed E-state index contributed by atoms with van der Waals surface area (Å²) < 4.78 is 25.3. The van der Waals surface area contributed by atoms with Crippen molar-refractivity contribution in [3.63, 3.8) is 0 Å². The number of aliphatic carboxylic acids is 1. The van der Waals surface area contributed by atoms with Crippen LogP contribution in [0.1, 0.15) is 18.0 Å². The first-order chi connectivity index (χ1) is 11.8. The predicted molar refractivity (Wildman–Crippen MR) is 87.8 cm³/mol. The van der Waals surface area contributed by atoms with Crippen molar-refractivity contribution in [3.8, 4) is 0 Å². The van der Waals surface area contributed by atoms with Crippen molar-refractivity contribution >= 4 is 27.7 Å². The molecule has 2 heterocycles. The fraction of sp³-hybridized carbons (Fsp3) is 0.333. The fourth-order valence-electron chi connectivity index (χ4n) is 2.97. The Hall–Kier alpha value is -2.59. The van der Waals surface area contributed by atoms with Gasteiger partial charge in [-0.1, -0.05) is 24.3 Å². The second kappa shape index (κ2) is 6.05. The van der Waals surface area contributed by atoms with Crippen LogP contribution in [0, 0.1) is 0 Å². The number of anilines is 1. The molecule has 0 saturated carbocycles. The average Bonchev–Trinajstić information content (AvgIpc) is 2.80. The zero-order valence-corrected chi connectivity index (χ0v) is 14.2. The van der Waals surface area contributed by atoms with E-state index >= 15 is 0 Å². The monoisotopic (exact) mass is 367 g/mol. The van der Waals surface area contributed by atoms with Crippen molar-refractivity contribution in [2.24, 2.45) is 0 Å². The molecule has 2 aliphatic rings. The number of hydrogen-bond acceptors (Lipinski definition) is 5. The van der Waals surface area contributed by atoms with Gasteiger partial charge in [-0.15, -0.1) is 6.58 Å². The van der Waals surface area contributed by atoms with E-state index in [1.807, 2.05) is 0 Å². The van der Waals surface area contributed by atoms with Crippen molar-refractivity contribution in [1.82, 2.24) is 10.1 Å². The van der Waals surface area contributed by atoms with Gasteiger partial charge in [0.1, 0.15) is 6.04 Å². The van der Waals surface area contributed by atoms with Gasteiger partial charge in [0.2, 0.25) is 10.0 Å². The summed E-state index contributed by atoms with van der Waals surface area (Å²) in [6.07, 6.45) is 1.09. The third kappa shape index (κ3) is 2.83. The number of para-hydroxylation sites is 1. The lowest BCUT2D eigenvalue weighted by Crippen LogP contribution is -2.49. The third-order valence-electron chi connectivity index (χ3n) is 3.97. The molecule has 2 bridgehead atoms. The first-order valence-electron chi connectivity index (χ1n) is 7.46. The standard InChI is InChI=1S/C15H17N3O6S/c1-3-6-13(14(19)20)24-17-12-9-16(15(17)21)18(25(2,22)23)11-8-5-4-7-10(11)12/h3-5,7-8,12-13H,1,6,9H2,2H3,(H,19,20). The van der Waals surface area contributed by atoms with Crippen molar-refractivity contribution < 1.29 is 28.0 Å². The predicted octanol–water partition coefficient (Wildman–Crippen LogP) is 1.12. The average molecular weight is 367 g/mol. The van der Waals surface area contributed by atoms with Crippen LogP contribution < -0.4 is 4.41 Å². The summed E-state index contributed by atoms with van der Waals surface area (Å²) in [4.78, 5) is 29.4. The molecule has 1 aromatic rings. The van der Waals surface area contributed by atoms with Gasteiger partial charge in [0, 0.05) is 12.0 Å². The van der Waals surface area contributed by atoms with Gasteiger partial charge in [-0.2, -0.15) is 9.48 Å². The summed E-state index contributed by atoms with van der Waals surface area (Å²) in [6, 6.07) is 5.32. The highest BCUT2D eigenvalue weighted by Crippen LogP contribution is 2.43. The highest BCUT2D eigenvalue weighted by Gasteiger charge is 2.51. The quantitative estimate of drug-likeness (QED) is 0.755. The number of rotatable bonds is 6. The fourth-order valence-corrected chi connectivity index (χ4v) is 3.99. The van der Waals surface area contributed by atoms with E-state index in [1.54, 1.807) is 24.3 Å². The maximum atomic E-state index is 12.7. The Morgan fingerprint density at radius 1 is 1.48 bits per heavy atom. The molecule has 25 heavy (non-hydrogen) atoms. The highest BCUT2D eigenvalue weighted by molar-refractivity contribution is 7.92. The van der Waals surface area contributed by atoms with Crippen LogP contribution in [0.15, 0.2) is 36.9 Å². The molecule has 1 fully saturated rings. The molecule has 2 atom stereocenters. The van der Waals surface area contributed by atoms with Gasteiger partial charge in [-0.3, -0.25) is 4.84 Å². The minimum Gasteiger partial charge on any atom is -0.479 e. The van der Waals surface area contributed by atoms with Crippen LogP contribution in [0.2, 0.25) is 0 Å². The Kier molecular flexibility index (Phi) is 4.17. The molecule has 2 amide bonds. The number of hydroxylamine groups is 2. The summed E-state index contributed by atoms with van der Waals surface area (Å²) in [5, 5.41) is 11.2. The van der Waals surface area contributed by atoms with E-state index in [-0.39, 0.29) is 13.0 Å². The molecule has 3 rings (SSSR count). The number of carbonyl (C=O) groups excluding carboxylic acids is 1. The lowest BCUT2D eigenvalue weighted by molar-refractivity contribution is -0.193. The molecule has 134 valence electrons. The van der Waals surface area contributed by atoms with Crippen LogP contribution in [0.3, 0.4) is 0 Å². The molecule has 10 heteroatoms. The molecule has 0 radical (unpaired) electrons. The van der Waals surface area contributed by atoms with Crippen molar-refractivity contribution in [1.29, 1.82) is 0 Å². The van der Waals surface area contributed by atoms with Crippen LogP contribution >= 0.6 is 0 Å². The summed E-state index contributed by atoms with van der Waals surface area (Å²) in [7, 11) is -3.76. The van der Waals surface area contributed by atoms with Gasteiger partial charge >= 0.3 is 12.0 Å². The van der Waals surface area contributed by atoms with Crippen LogP contribution in [0.5, 0.6) is 0 Å². The Balaban J connectivity index is 2.03. The molecule has 9 nitrogen and oxygen atoms in total. The molecule has 0 aromatic heterocycles. The zero-order chi connectivity index (χ0) is 18.4. The number of hydrazine groups is 1. The van der Waals surface area contributed by atoms with Gasteiger partial charge in [0.25, 0.3) is 0 Å². The summed E-state index contributed by atoms with van der Waals surface area (Å²) >= 11 is 0. The van der Waals surface area contributed by atoms with E-state index < -0.39 is 34.2 Å². The maximum Gasteiger partial charge on any atom is 0.364 e. The van der Waals surface area contributed by atoms with Gasteiger partial charge < -0.3 is 5.11 Å². The largest absolute Gasteiger partial charge is 0.479 e. The number of carboxylic acids is 1. The van der Waals surface area contributed by atoms with Crippen molar-refractivity contribution in [2.75, 3.05) is 17.2 Å². The summed E-state index contributed by atoms with van der Waals surface area (Å²) in [6.45, 7) is 3.52. The van der Waals surface area contributed by atoms with Gasteiger partial charge in [-0.05, 0) is 6.07 Å². The Morgan fingerprint density at radius 2 is 2.16 bits per heavy atom. The zero-order valence-electron chi connectivity index (χ0n) is 13.4. The number of amides is 2. The van der Waals surface area contributed by atoms with E-state index in [4.69, 9.17) is 4.84 Å². The molecule has 0 spiro atoms. The maximum absolute atomic E-state index is 12.7. The lowest BCUT2D eigenvalue weighted by Gasteiger charge is -2.34. The topological polar surface area (TPSA) is 107 Å². The number of nitrogens with zero attached hydrogens (tertiary/aromatic N) is 3. The van der Waals surface area contributed by atoms with Gasteiger partial charge in [-0.25, -0.2) is 23.0 Å². The summed E-state index contributed by atoms with van der Waals surface area (Å²) in [5.41, 5.74) is 0.911. The van der Waals surface area contributed by atoms with Crippen LogP contribution in [0.25, 0.3) is 0 Å². The second-order valence-corrected chi connectivity index (χ2v) is 7.54. The van der Waals surface area contributed by atoms with E-state index in [2.05, 4.69) is 6.58 Å². The Bertz CT molecular complexity index is 839. The van der Waals surface area contributed by atoms with Crippen molar-refractivity contribution in [3.05, 3.63) is 42.5 Å². The van der Waals surface area contributed by atoms with Crippen LogP contribution in [-0.4, -0.2) is 54.5 Å². The van der Waals surface area contributed by atoms with Crippen LogP contribution in [-0.2, 0) is 19.7 Å². The second-order valence-electron chi connectivity index (χ2n) is 5.73. The smallest absolute Gasteiger partial charge is 0.364 e. The summed E-state index contributed by atoms with van der Waals surface area (Å²) in [5.74, 6) is -1.24. The Labute approximate surface area is 144 Å². The molecule has 1 aromatic carbocycles. The number of sulfonamides is 1. The number of carboxylic acid groups (broad SMARTS) is 1. The first-order valence-corrected chi connectivity index (χ1v) is 9.31. The van der Waals surface area contributed by atoms with Crippen molar-refractivity contribution in [2.45, 2.75) is 18.6 Å². The SMILES string of the molecule is C=CCC(ON1C(=O)N2CC1c1ccccc1N2S(C)(=O)=O)C(=O)O. The minimum absolute atomic E-state index is 0.00324. The minimum atomic E-state index is -3.76. The van der Waals surface area contributed by atoms with E-state index in [0.29, 0.717) is 11.3 Å². The molecule has 1 saturated heterocycles. The number of urea groups is 1. The first kappa shape index (κ1) is 17.2. The molecular formula is C15H17N3O6S. The molecular weight excluding hydrogens is 350 g/mol. The number of fused-ring (bicyclic) bond motifs is 4. The highest BCUT2D eigenvalue weighted by atomic mass is 32.2. The molecule has 2 aliphatic heterocycles. The number of benzene rings is 1. The third-order valence-corrected chi connectivity index (χ3v) is 4.99. The van der Waals surface area contributed by atoms with Gasteiger partial charge in [0.05, 0.1) is 18.5 Å². The molecule has 0 aliphatic carbocycles. The normalized spacial score (nSPS) is 20.4. The van der Waals surface area contributed by atoms with Crippen LogP contribution in [0.4, 0.5) is 10.5 Å². The molecule has 1 N–H and O–H groups in total. The van der Waals surface area contributed by atoms with E-state index in [9.17, 15) is 23.1 Å². The van der Waals surface area contributed by atoms with Gasteiger partial charge in [0.15, 0.2) is 6.10 Å². The molecule has 2 unspecified atom stereocenters. The van der Waals surface area contributed by atoms with E-state index in [0.717, 1.165) is 20.7 Å².